The predicted octanol–water partition coefficient (Wildman–Crippen LogP) is 0.302. The molecule has 0 amide bonds. The molecule has 17 heavy (non-hydrogen) atoms. The Balaban J connectivity index is 1.92. The Morgan fingerprint density at radius 2 is 2.29 bits per heavy atom. The van der Waals surface area contributed by atoms with Gasteiger partial charge < -0.3 is 5.32 Å². The maximum absolute atomic E-state index is 11.9. The van der Waals surface area contributed by atoms with E-state index in [-0.39, 0.29) is 0 Å². The SMILES string of the molecule is CC(CNC1CC1)S(=O)(=O)Nc1ccn(C)n1. The second kappa shape index (κ2) is 4.66. The van der Waals surface area contributed by atoms with Crippen molar-refractivity contribution in [3.8, 4) is 0 Å². The number of rotatable bonds is 6. The lowest BCUT2D eigenvalue weighted by molar-refractivity contribution is 0.575. The monoisotopic (exact) mass is 258 g/mol. The average molecular weight is 258 g/mol. The highest BCUT2D eigenvalue weighted by molar-refractivity contribution is 7.93. The van der Waals surface area contributed by atoms with Crippen molar-refractivity contribution in [2.45, 2.75) is 31.1 Å². The van der Waals surface area contributed by atoms with Gasteiger partial charge in [-0.2, -0.15) is 5.10 Å². The van der Waals surface area contributed by atoms with Crippen LogP contribution in [0.4, 0.5) is 5.82 Å². The first-order valence-corrected chi connectivity index (χ1v) is 7.26. The van der Waals surface area contributed by atoms with Crippen LogP contribution in [0.25, 0.3) is 0 Å². The maximum atomic E-state index is 11.9. The van der Waals surface area contributed by atoms with Crippen molar-refractivity contribution in [2.75, 3.05) is 11.3 Å². The van der Waals surface area contributed by atoms with Gasteiger partial charge >= 0.3 is 0 Å². The summed E-state index contributed by atoms with van der Waals surface area (Å²) in [7, 11) is -1.61. The normalized spacial score (nSPS) is 18.0. The average Bonchev–Trinajstić information content (AvgIpc) is 2.99. The van der Waals surface area contributed by atoms with Gasteiger partial charge in [0.2, 0.25) is 10.0 Å². The second-order valence-electron chi connectivity index (χ2n) is 4.51. The molecule has 1 aromatic heterocycles. The standard InChI is InChI=1S/C10H18N4O2S/c1-8(7-11-9-3-4-9)17(15,16)13-10-5-6-14(2)12-10/h5-6,8-9,11H,3-4,7H2,1-2H3,(H,12,13). The van der Waals surface area contributed by atoms with E-state index >= 15 is 0 Å². The number of aromatic nitrogens is 2. The Kier molecular flexibility index (Phi) is 3.39. The van der Waals surface area contributed by atoms with Crippen LogP contribution in [0.1, 0.15) is 19.8 Å². The maximum Gasteiger partial charge on any atom is 0.237 e. The van der Waals surface area contributed by atoms with Crippen LogP contribution in [0.15, 0.2) is 12.3 Å². The van der Waals surface area contributed by atoms with E-state index in [0.29, 0.717) is 18.4 Å². The Hall–Kier alpha value is -1.08. The van der Waals surface area contributed by atoms with Crippen molar-refractivity contribution in [1.29, 1.82) is 0 Å². The fourth-order valence-corrected chi connectivity index (χ4v) is 2.36. The van der Waals surface area contributed by atoms with E-state index in [1.54, 1.807) is 30.9 Å². The molecule has 0 spiro atoms. The van der Waals surface area contributed by atoms with E-state index in [0.717, 1.165) is 12.8 Å². The van der Waals surface area contributed by atoms with Crippen LogP contribution in [0.2, 0.25) is 0 Å². The van der Waals surface area contributed by atoms with Gasteiger partial charge in [-0.25, -0.2) is 8.42 Å². The summed E-state index contributed by atoms with van der Waals surface area (Å²) < 4.78 is 27.9. The largest absolute Gasteiger partial charge is 0.313 e. The molecule has 2 rings (SSSR count). The molecule has 0 bridgehead atoms. The molecule has 1 aliphatic rings. The van der Waals surface area contributed by atoms with Crippen LogP contribution in [-0.4, -0.2) is 36.0 Å². The Morgan fingerprint density at radius 1 is 1.59 bits per heavy atom. The Morgan fingerprint density at radius 3 is 2.82 bits per heavy atom. The quantitative estimate of drug-likeness (QED) is 0.769. The predicted molar refractivity (Wildman–Crippen MR) is 66.2 cm³/mol. The molecule has 7 heteroatoms. The zero-order valence-corrected chi connectivity index (χ0v) is 10.9. The van der Waals surface area contributed by atoms with Crippen molar-refractivity contribution < 1.29 is 8.42 Å². The molecule has 2 N–H and O–H groups in total. The topological polar surface area (TPSA) is 76.0 Å². The number of anilines is 1. The van der Waals surface area contributed by atoms with Gasteiger partial charge in [-0.05, 0) is 19.8 Å². The molecule has 0 aliphatic heterocycles. The summed E-state index contributed by atoms with van der Waals surface area (Å²) in [6.07, 6.45) is 4.01. The molecule has 0 radical (unpaired) electrons. The lowest BCUT2D eigenvalue weighted by Gasteiger charge is -2.13. The first-order valence-electron chi connectivity index (χ1n) is 5.72. The summed E-state index contributed by atoms with van der Waals surface area (Å²) in [5, 5.41) is 6.73. The lowest BCUT2D eigenvalue weighted by atomic mass is 10.4. The zero-order chi connectivity index (χ0) is 12.5. The van der Waals surface area contributed by atoms with Crippen molar-refractivity contribution in [3.05, 3.63) is 12.3 Å². The van der Waals surface area contributed by atoms with E-state index in [2.05, 4.69) is 15.1 Å². The molecule has 0 aromatic carbocycles. The van der Waals surface area contributed by atoms with E-state index in [4.69, 9.17) is 0 Å². The number of nitrogens with one attached hydrogen (secondary N) is 2. The molecule has 1 fully saturated rings. The van der Waals surface area contributed by atoms with Crippen LogP contribution >= 0.6 is 0 Å². The summed E-state index contributed by atoms with van der Waals surface area (Å²) in [5.74, 6) is 0.366. The molecule has 0 saturated heterocycles. The highest BCUT2D eigenvalue weighted by atomic mass is 32.2. The lowest BCUT2D eigenvalue weighted by Crippen LogP contribution is -2.35. The first kappa shape index (κ1) is 12.4. The molecular formula is C10H18N4O2S. The third-order valence-corrected chi connectivity index (χ3v) is 4.48. The minimum absolute atomic E-state index is 0.366. The van der Waals surface area contributed by atoms with E-state index in [9.17, 15) is 8.42 Å². The van der Waals surface area contributed by atoms with Gasteiger partial charge in [0.15, 0.2) is 5.82 Å². The first-order chi connectivity index (χ1) is 7.97. The highest BCUT2D eigenvalue weighted by Gasteiger charge is 2.26. The zero-order valence-electron chi connectivity index (χ0n) is 10.0. The highest BCUT2D eigenvalue weighted by Crippen LogP contribution is 2.19. The smallest absolute Gasteiger partial charge is 0.237 e. The molecule has 1 atom stereocenters. The molecule has 1 aliphatic carbocycles. The third kappa shape index (κ3) is 3.44. The molecular weight excluding hydrogens is 240 g/mol. The number of hydrogen-bond donors (Lipinski definition) is 2. The number of aryl methyl sites for hydroxylation is 1. The van der Waals surface area contributed by atoms with Crippen molar-refractivity contribution in [1.82, 2.24) is 15.1 Å². The molecule has 1 aromatic rings. The van der Waals surface area contributed by atoms with Crippen LogP contribution < -0.4 is 10.0 Å². The van der Waals surface area contributed by atoms with Crippen LogP contribution in [-0.2, 0) is 17.1 Å². The Bertz CT molecular complexity index is 478. The fourth-order valence-electron chi connectivity index (χ4n) is 1.45. The van der Waals surface area contributed by atoms with Gasteiger partial charge in [-0.1, -0.05) is 0 Å². The van der Waals surface area contributed by atoms with E-state index in [1.165, 1.54) is 0 Å². The summed E-state index contributed by atoms with van der Waals surface area (Å²) in [6, 6.07) is 2.15. The second-order valence-corrected chi connectivity index (χ2v) is 6.61. The molecule has 6 nitrogen and oxygen atoms in total. The Labute approximate surface area is 101 Å². The van der Waals surface area contributed by atoms with Gasteiger partial charge in [0.1, 0.15) is 0 Å². The van der Waals surface area contributed by atoms with Crippen LogP contribution in [0.5, 0.6) is 0 Å². The molecule has 1 saturated carbocycles. The summed E-state index contributed by atoms with van der Waals surface area (Å²) in [6.45, 7) is 2.17. The number of nitrogens with zero attached hydrogens (tertiary/aromatic N) is 2. The van der Waals surface area contributed by atoms with Gasteiger partial charge in [-0.15, -0.1) is 0 Å². The molecule has 1 heterocycles. The summed E-state index contributed by atoms with van der Waals surface area (Å²) >= 11 is 0. The van der Waals surface area contributed by atoms with Crippen molar-refractivity contribution in [3.63, 3.8) is 0 Å². The molecule has 96 valence electrons. The fraction of sp³-hybridized carbons (Fsp3) is 0.700. The van der Waals surface area contributed by atoms with Crippen LogP contribution in [0, 0.1) is 0 Å². The molecule has 1 unspecified atom stereocenters. The minimum atomic E-state index is -3.36. The third-order valence-electron chi connectivity index (χ3n) is 2.76. The van der Waals surface area contributed by atoms with Gasteiger partial charge in [0.25, 0.3) is 0 Å². The van der Waals surface area contributed by atoms with Crippen molar-refractivity contribution in [2.24, 2.45) is 7.05 Å². The van der Waals surface area contributed by atoms with Crippen LogP contribution in [0.3, 0.4) is 0 Å². The summed E-state index contributed by atoms with van der Waals surface area (Å²) in [5.41, 5.74) is 0. The minimum Gasteiger partial charge on any atom is -0.313 e. The van der Waals surface area contributed by atoms with Gasteiger partial charge in [0, 0.05) is 31.9 Å². The summed E-state index contributed by atoms with van der Waals surface area (Å²) in [4.78, 5) is 0. The number of hydrogen-bond acceptors (Lipinski definition) is 4. The number of sulfonamides is 1. The van der Waals surface area contributed by atoms with E-state index < -0.39 is 15.3 Å². The van der Waals surface area contributed by atoms with Crippen molar-refractivity contribution >= 4 is 15.8 Å². The van der Waals surface area contributed by atoms with Gasteiger partial charge in [-0.3, -0.25) is 9.40 Å². The van der Waals surface area contributed by atoms with Gasteiger partial charge in [0.05, 0.1) is 5.25 Å². The van der Waals surface area contributed by atoms with E-state index in [1.807, 2.05) is 0 Å².